The van der Waals surface area contributed by atoms with E-state index in [1.807, 2.05) is 13.0 Å². The van der Waals surface area contributed by atoms with E-state index in [1.165, 1.54) is 0 Å². The van der Waals surface area contributed by atoms with Gasteiger partial charge in [-0.05, 0) is 38.4 Å². The van der Waals surface area contributed by atoms with Gasteiger partial charge in [-0.15, -0.1) is 0 Å². The number of primary amides is 1. The van der Waals surface area contributed by atoms with Gasteiger partial charge in [0.2, 0.25) is 0 Å². The van der Waals surface area contributed by atoms with Crippen LogP contribution in [-0.2, 0) is 0 Å². The topological polar surface area (TPSA) is 71.2 Å². The van der Waals surface area contributed by atoms with Crippen LogP contribution in [0.15, 0.2) is 12.1 Å². The van der Waals surface area contributed by atoms with Crippen molar-refractivity contribution < 1.29 is 4.79 Å². The second kappa shape index (κ2) is 6.02. The maximum absolute atomic E-state index is 11.6. The molecule has 19 heavy (non-hydrogen) atoms. The van der Waals surface area contributed by atoms with Crippen molar-refractivity contribution in [1.29, 1.82) is 0 Å². The summed E-state index contributed by atoms with van der Waals surface area (Å²) in [5, 5.41) is 3.36. The lowest BCUT2D eigenvalue weighted by Gasteiger charge is -2.30. The van der Waals surface area contributed by atoms with Gasteiger partial charge in [-0.25, -0.2) is 4.98 Å². The molecule has 2 heterocycles. The molecule has 5 heteroatoms. The molecule has 0 spiro atoms. The first kappa shape index (κ1) is 13.8. The largest absolute Gasteiger partial charge is 0.365 e. The number of aromatic nitrogens is 1. The summed E-state index contributed by atoms with van der Waals surface area (Å²) in [6, 6.07) is 4.01. The van der Waals surface area contributed by atoms with Crippen molar-refractivity contribution in [3.8, 4) is 0 Å². The highest BCUT2D eigenvalue weighted by atomic mass is 16.1. The zero-order valence-electron chi connectivity index (χ0n) is 11.6. The summed E-state index contributed by atoms with van der Waals surface area (Å²) in [5.74, 6) is 0.331. The molecule has 1 saturated heterocycles. The quantitative estimate of drug-likeness (QED) is 0.832. The molecule has 104 valence electrons. The predicted octanol–water partition coefficient (Wildman–Crippen LogP) is 1.07. The van der Waals surface area contributed by atoms with Crippen LogP contribution in [0.1, 0.15) is 35.8 Å². The molecule has 1 aliphatic rings. The minimum atomic E-state index is -0.408. The van der Waals surface area contributed by atoms with Crippen LogP contribution in [0.4, 0.5) is 5.82 Å². The Kier molecular flexibility index (Phi) is 4.37. The monoisotopic (exact) mass is 262 g/mol. The van der Waals surface area contributed by atoms with Crippen LogP contribution in [0, 0.1) is 6.92 Å². The van der Waals surface area contributed by atoms with Gasteiger partial charge in [0.15, 0.2) is 0 Å². The molecule has 1 atom stereocenters. The van der Waals surface area contributed by atoms with Crippen LogP contribution in [0.2, 0.25) is 0 Å². The van der Waals surface area contributed by atoms with Crippen LogP contribution >= 0.6 is 0 Å². The minimum Gasteiger partial charge on any atom is -0.365 e. The Labute approximate surface area is 114 Å². The first-order valence-corrected chi connectivity index (χ1v) is 6.88. The Morgan fingerprint density at radius 2 is 2.37 bits per heavy atom. The second-order valence-electron chi connectivity index (χ2n) is 5.03. The van der Waals surface area contributed by atoms with Crippen LogP contribution in [0.3, 0.4) is 0 Å². The van der Waals surface area contributed by atoms with Crippen LogP contribution in [-0.4, -0.2) is 36.6 Å². The summed E-state index contributed by atoms with van der Waals surface area (Å²) in [6.07, 6.45) is 2.10. The Morgan fingerprint density at radius 1 is 1.58 bits per heavy atom. The van der Waals surface area contributed by atoms with E-state index in [-0.39, 0.29) is 0 Å². The number of hydrogen-bond acceptors (Lipinski definition) is 4. The number of carbonyl (C=O) groups excluding carboxylic acids is 1. The van der Waals surface area contributed by atoms with Crippen molar-refractivity contribution in [3.05, 3.63) is 23.4 Å². The van der Waals surface area contributed by atoms with Crippen molar-refractivity contribution in [3.63, 3.8) is 0 Å². The van der Waals surface area contributed by atoms with Gasteiger partial charge in [0.05, 0.1) is 5.56 Å². The van der Waals surface area contributed by atoms with Gasteiger partial charge >= 0.3 is 0 Å². The summed E-state index contributed by atoms with van der Waals surface area (Å²) in [6.45, 7) is 6.92. The van der Waals surface area contributed by atoms with Crippen molar-refractivity contribution in [2.24, 2.45) is 5.73 Å². The molecule has 1 unspecified atom stereocenters. The van der Waals surface area contributed by atoms with E-state index in [2.05, 4.69) is 22.1 Å². The van der Waals surface area contributed by atoms with E-state index < -0.39 is 5.91 Å². The van der Waals surface area contributed by atoms with Crippen LogP contribution in [0.25, 0.3) is 0 Å². The molecule has 1 aliphatic heterocycles. The zero-order valence-corrected chi connectivity index (χ0v) is 11.6. The van der Waals surface area contributed by atoms with Gasteiger partial charge in [-0.1, -0.05) is 6.92 Å². The zero-order chi connectivity index (χ0) is 13.8. The molecule has 0 bridgehead atoms. The summed E-state index contributed by atoms with van der Waals surface area (Å²) in [5.41, 5.74) is 6.90. The van der Waals surface area contributed by atoms with Gasteiger partial charge in [-0.3, -0.25) is 4.79 Å². The lowest BCUT2D eigenvalue weighted by Crippen LogP contribution is -2.39. The third-order valence-electron chi connectivity index (χ3n) is 3.49. The number of carbonyl (C=O) groups is 1. The number of rotatable bonds is 5. The first-order chi connectivity index (χ1) is 9.13. The average molecular weight is 262 g/mol. The van der Waals surface area contributed by atoms with E-state index in [0.717, 1.165) is 44.0 Å². The predicted molar refractivity (Wildman–Crippen MR) is 76.4 cm³/mol. The smallest absolute Gasteiger partial charge is 0.252 e. The number of anilines is 1. The number of aryl methyl sites for hydroxylation is 1. The number of nitrogens with zero attached hydrogens (tertiary/aromatic N) is 2. The Morgan fingerprint density at radius 3 is 2.95 bits per heavy atom. The van der Waals surface area contributed by atoms with Gasteiger partial charge in [0.25, 0.3) is 5.91 Å². The van der Waals surface area contributed by atoms with E-state index >= 15 is 0 Å². The van der Waals surface area contributed by atoms with Crippen LogP contribution < -0.4 is 16.0 Å². The maximum Gasteiger partial charge on any atom is 0.252 e. The van der Waals surface area contributed by atoms with Gasteiger partial charge < -0.3 is 16.0 Å². The molecule has 1 amide bonds. The Bertz CT molecular complexity index is 455. The Hall–Kier alpha value is -1.62. The van der Waals surface area contributed by atoms with Crippen molar-refractivity contribution in [2.45, 2.75) is 32.7 Å². The SMILES string of the molecule is CCCN(c1nc(C)ccc1C(N)=O)C1CCNC1. The molecular weight excluding hydrogens is 240 g/mol. The number of nitrogens with two attached hydrogens (primary N) is 1. The molecule has 3 N–H and O–H groups in total. The number of pyridine rings is 1. The standard InChI is InChI=1S/C14H22N4O/c1-3-8-18(11-6-7-16-9-11)14-12(13(15)19)5-4-10(2)17-14/h4-5,11,16H,3,6-9H2,1-2H3,(H2,15,19). The number of amides is 1. The minimum absolute atomic E-state index is 0.396. The van der Waals surface area contributed by atoms with Gasteiger partial charge in [-0.2, -0.15) is 0 Å². The lowest BCUT2D eigenvalue weighted by molar-refractivity contribution is 0.100. The summed E-state index contributed by atoms with van der Waals surface area (Å²) in [4.78, 5) is 18.4. The Balaban J connectivity index is 2.39. The summed E-state index contributed by atoms with van der Waals surface area (Å²) < 4.78 is 0. The highest BCUT2D eigenvalue weighted by Gasteiger charge is 2.26. The van der Waals surface area contributed by atoms with E-state index in [9.17, 15) is 4.79 Å². The van der Waals surface area contributed by atoms with Crippen molar-refractivity contribution >= 4 is 11.7 Å². The third-order valence-corrected chi connectivity index (χ3v) is 3.49. The van der Waals surface area contributed by atoms with Gasteiger partial charge in [0, 0.05) is 24.8 Å². The van der Waals surface area contributed by atoms with E-state index in [0.29, 0.717) is 11.6 Å². The third kappa shape index (κ3) is 3.04. The molecule has 1 aromatic rings. The molecule has 5 nitrogen and oxygen atoms in total. The number of hydrogen-bond donors (Lipinski definition) is 2. The average Bonchev–Trinajstić information content (AvgIpc) is 2.89. The highest BCUT2D eigenvalue weighted by Crippen LogP contribution is 2.23. The normalized spacial score (nSPS) is 18.5. The van der Waals surface area contributed by atoms with Crippen molar-refractivity contribution in [1.82, 2.24) is 10.3 Å². The fourth-order valence-electron chi connectivity index (χ4n) is 2.56. The van der Waals surface area contributed by atoms with E-state index in [1.54, 1.807) is 6.07 Å². The molecule has 0 radical (unpaired) electrons. The van der Waals surface area contributed by atoms with E-state index in [4.69, 9.17) is 5.73 Å². The molecule has 0 saturated carbocycles. The molecule has 2 rings (SSSR count). The lowest BCUT2D eigenvalue weighted by atomic mass is 10.1. The maximum atomic E-state index is 11.6. The molecular formula is C14H22N4O. The summed E-state index contributed by atoms with van der Waals surface area (Å²) in [7, 11) is 0. The molecule has 0 aliphatic carbocycles. The first-order valence-electron chi connectivity index (χ1n) is 6.88. The molecule has 1 aromatic heterocycles. The second-order valence-corrected chi connectivity index (χ2v) is 5.03. The van der Waals surface area contributed by atoms with Crippen LogP contribution in [0.5, 0.6) is 0 Å². The fraction of sp³-hybridized carbons (Fsp3) is 0.571. The summed E-state index contributed by atoms with van der Waals surface area (Å²) >= 11 is 0. The number of nitrogens with one attached hydrogen (secondary N) is 1. The van der Waals surface area contributed by atoms with Crippen molar-refractivity contribution in [2.75, 3.05) is 24.5 Å². The molecule has 0 aromatic carbocycles. The fourth-order valence-corrected chi connectivity index (χ4v) is 2.56. The van der Waals surface area contributed by atoms with Gasteiger partial charge in [0.1, 0.15) is 5.82 Å². The highest BCUT2D eigenvalue weighted by molar-refractivity contribution is 5.97. The molecule has 1 fully saturated rings.